The zero-order valence-corrected chi connectivity index (χ0v) is 12.8. The number of unbranched alkanes of at least 4 members (excludes halogenated alkanes) is 8. The smallest absolute Gasteiger partial charge is 0.221 e. The molecular formula is C15H33N3O. The molecule has 0 aromatic carbocycles. The second-order valence-corrected chi connectivity index (χ2v) is 5.53. The Bertz CT molecular complexity index is 219. The van der Waals surface area contributed by atoms with E-state index in [0.717, 1.165) is 12.8 Å². The number of rotatable bonds is 12. The Labute approximate surface area is 118 Å². The molecule has 2 atom stereocenters. The highest BCUT2D eigenvalue weighted by atomic mass is 16.1. The van der Waals surface area contributed by atoms with E-state index in [4.69, 9.17) is 11.5 Å². The van der Waals surface area contributed by atoms with Crippen molar-refractivity contribution >= 4 is 5.91 Å². The van der Waals surface area contributed by atoms with Gasteiger partial charge in [0.1, 0.15) is 0 Å². The number of carbonyl (C=O) groups excluding carboxylic acids is 1. The van der Waals surface area contributed by atoms with Gasteiger partial charge in [-0.1, -0.05) is 58.3 Å². The number of nitrogens with two attached hydrogens (primary N) is 2. The average Bonchev–Trinajstić information content (AvgIpc) is 2.36. The van der Waals surface area contributed by atoms with Crippen LogP contribution in [0.2, 0.25) is 0 Å². The van der Waals surface area contributed by atoms with Crippen LogP contribution in [0.5, 0.6) is 0 Å². The summed E-state index contributed by atoms with van der Waals surface area (Å²) in [7, 11) is 0. The molecular weight excluding hydrogens is 238 g/mol. The van der Waals surface area contributed by atoms with Crippen LogP contribution in [0.1, 0.15) is 78.1 Å². The minimum Gasteiger partial charge on any atom is -0.339 e. The van der Waals surface area contributed by atoms with Crippen LogP contribution in [0.15, 0.2) is 0 Å². The van der Waals surface area contributed by atoms with Crippen molar-refractivity contribution in [2.24, 2.45) is 11.5 Å². The van der Waals surface area contributed by atoms with E-state index in [9.17, 15) is 4.79 Å². The van der Waals surface area contributed by atoms with Gasteiger partial charge in [0.15, 0.2) is 0 Å². The summed E-state index contributed by atoms with van der Waals surface area (Å²) in [6.07, 6.45) is 11.5. The molecule has 1 amide bonds. The topological polar surface area (TPSA) is 81.1 Å². The molecule has 0 aromatic heterocycles. The van der Waals surface area contributed by atoms with Crippen molar-refractivity contribution in [2.75, 3.05) is 0 Å². The second-order valence-electron chi connectivity index (χ2n) is 5.53. The summed E-state index contributed by atoms with van der Waals surface area (Å²) < 4.78 is 0. The molecule has 0 aliphatic heterocycles. The SMILES string of the molecule is CCCCCCCCCCCC(=O)NC(N)C(C)N. The van der Waals surface area contributed by atoms with E-state index in [2.05, 4.69) is 12.2 Å². The Balaban J connectivity index is 3.27. The standard InChI is InChI=1S/C15H33N3O/c1-3-4-5-6-7-8-9-10-11-12-14(19)18-15(17)13(2)16/h13,15H,3-12,16-17H2,1-2H3,(H,18,19). The molecule has 0 fully saturated rings. The lowest BCUT2D eigenvalue weighted by Crippen LogP contribution is -2.52. The molecule has 0 aliphatic carbocycles. The predicted octanol–water partition coefficient (Wildman–Crippen LogP) is 2.66. The maximum Gasteiger partial charge on any atom is 0.221 e. The van der Waals surface area contributed by atoms with Crippen LogP contribution in [0, 0.1) is 0 Å². The Morgan fingerprint density at radius 1 is 0.947 bits per heavy atom. The molecule has 0 saturated carbocycles. The molecule has 0 aromatic rings. The third-order valence-electron chi connectivity index (χ3n) is 3.40. The monoisotopic (exact) mass is 271 g/mol. The Kier molecular flexibility index (Phi) is 12.0. The molecule has 4 heteroatoms. The van der Waals surface area contributed by atoms with Gasteiger partial charge < -0.3 is 16.8 Å². The number of hydrogen-bond donors (Lipinski definition) is 3. The molecule has 114 valence electrons. The Morgan fingerprint density at radius 3 is 1.89 bits per heavy atom. The maximum absolute atomic E-state index is 11.5. The summed E-state index contributed by atoms with van der Waals surface area (Å²) in [6, 6.07) is -0.202. The van der Waals surface area contributed by atoms with E-state index >= 15 is 0 Å². The Morgan fingerprint density at radius 2 is 1.42 bits per heavy atom. The third-order valence-corrected chi connectivity index (χ3v) is 3.40. The van der Waals surface area contributed by atoms with Crippen LogP contribution in [-0.4, -0.2) is 18.1 Å². The van der Waals surface area contributed by atoms with Gasteiger partial charge in [-0.15, -0.1) is 0 Å². The molecule has 5 N–H and O–H groups in total. The van der Waals surface area contributed by atoms with Crippen LogP contribution in [0.3, 0.4) is 0 Å². The molecule has 0 aliphatic rings. The minimum atomic E-state index is -0.425. The first-order valence-corrected chi connectivity index (χ1v) is 7.88. The van der Waals surface area contributed by atoms with Gasteiger partial charge in [-0.3, -0.25) is 4.79 Å². The largest absolute Gasteiger partial charge is 0.339 e. The lowest BCUT2D eigenvalue weighted by Gasteiger charge is -2.17. The summed E-state index contributed by atoms with van der Waals surface area (Å²) in [5.74, 6) is 0.0211. The lowest BCUT2D eigenvalue weighted by molar-refractivity contribution is -0.122. The highest BCUT2D eigenvalue weighted by Crippen LogP contribution is 2.10. The van der Waals surface area contributed by atoms with Gasteiger partial charge in [-0.25, -0.2) is 0 Å². The predicted molar refractivity (Wildman–Crippen MR) is 81.6 cm³/mol. The molecule has 0 rings (SSSR count). The fourth-order valence-corrected chi connectivity index (χ4v) is 1.99. The lowest BCUT2D eigenvalue weighted by atomic mass is 10.1. The highest BCUT2D eigenvalue weighted by Gasteiger charge is 2.10. The van der Waals surface area contributed by atoms with Crippen molar-refractivity contribution in [1.82, 2.24) is 5.32 Å². The first kappa shape index (κ1) is 18.4. The minimum absolute atomic E-state index is 0.0211. The number of carbonyl (C=O) groups is 1. The number of amides is 1. The molecule has 2 unspecified atom stereocenters. The normalized spacial score (nSPS) is 14.1. The zero-order chi connectivity index (χ0) is 14.5. The van der Waals surface area contributed by atoms with E-state index in [0.29, 0.717) is 6.42 Å². The summed E-state index contributed by atoms with van der Waals surface area (Å²) >= 11 is 0. The summed E-state index contributed by atoms with van der Waals surface area (Å²) in [6.45, 7) is 4.03. The van der Waals surface area contributed by atoms with Gasteiger partial charge >= 0.3 is 0 Å². The van der Waals surface area contributed by atoms with Crippen molar-refractivity contribution in [3.63, 3.8) is 0 Å². The summed E-state index contributed by atoms with van der Waals surface area (Å²) in [5, 5.41) is 2.72. The molecule has 4 nitrogen and oxygen atoms in total. The molecule has 0 heterocycles. The maximum atomic E-state index is 11.5. The fraction of sp³-hybridized carbons (Fsp3) is 0.933. The first-order chi connectivity index (χ1) is 9.07. The van der Waals surface area contributed by atoms with Gasteiger partial charge in [0.05, 0.1) is 6.17 Å². The van der Waals surface area contributed by atoms with Crippen LogP contribution >= 0.6 is 0 Å². The van der Waals surface area contributed by atoms with Gasteiger partial charge in [0.2, 0.25) is 5.91 Å². The number of hydrogen-bond acceptors (Lipinski definition) is 3. The number of nitrogens with one attached hydrogen (secondary N) is 1. The van der Waals surface area contributed by atoms with Crippen molar-refractivity contribution in [3.05, 3.63) is 0 Å². The molecule has 19 heavy (non-hydrogen) atoms. The Hall–Kier alpha value is -0.610. The van der Waals surface area contributed by atoms with Gasteiger partial charge in [0, 0.05) is 12.5 Å². The van der Waals surface area contributed by atoms with Gasteiger partial charge in [0.25, 0.3) is 0 Å². The van der Waals surface area contributed by atoms with Crippen LogP contribution in [-0.2, 0) is 4.79 Å². The van der Waals surface area contributed by atoms with Crippen LogP contribution < -0.4 is 16.8 Å². The summed E-state index contributed by atoms with van der Waals surface area (Å²) in [4.78, 5) is 11.5. The molecule has 0 saturated heterocycles. The van der Waals surface area contributed by atoms with E-state index < -0.39 is 6.17 Å². The van der Waals surface area contributed by atoms with Crippen molar-refractivity contribution in [2.45, 2.75) is 90.3 Å². The second kappa shape index (κ2) is 12.4. The van der Waals surface area contributed by atoms with Crippen LogP contribution in [0.25, 0.3) is 0 Å². The molecule has 0 bridgehead atoms. The van der Waals surface area contributed by atoms with Gasteiger partial charge in [-0.2, -0.15) is 0 Å². The highest BCUT2D eigenvalue weighted by molar-refractivity contribution is 5.76. The molecule has 0 spiro atoms. The van der Waals surface area contributed by atoms with Crippen LogP contribution in [0.4, 0.5) is 0 Å². The average molecular weight is 271 g/mol. The summed E-state index contributed by atoms with van der Waals surface area (Å²) in [5.41, 5.74) is 11.3. The van der Waals surface area contributed by atoms with E-state index in [1.165, 1.54) is 44.9 Å². The van der Waals surface area contributed by atoms with Gasteiger partial charge in [-0.05, 0) is 13.3 Å². The quantitative estimate of drug-likeness (QED) is 0.377. The van der Waals surface area contributed by atoms with Crippen molar-refractivity contribution < 1.29 is 4.79 Å². The molecule has 0 radical (unpaired) electrons. The van der Waals surface area contributed by atoms with E-state index in [1.54, 1.807) is 6.92 Å². The van der Waals surface area contributed by atoms with E-state index in [1.807, 2.05) is 0 Å². The third kappa shape index (κ3) is 12.2. The first-order valence-electron chi connectivity index (χ1n) is 7.88. The fourth-order valence-electron chi connectivity index (χ4n) is 1.99. The van der Waals surface area contributed by atoms with E-state index in [-0.39, 0.29) is 11.9 Å². The zero-order valence-electron chi connectivity index (χ0n) is 12.8. The van der Waals surface area contributed by atoms with Crippen molar-refractivity contribution in [3.8, 4) is 0 Å². The van der Waals surface area contributed by atoms with Crippen molar-refractivity contribution in [1.29, 1.82) is 0 Å².